The maximum absolute atomic E-state index is 10.5. The number of aliphatic hydroxyl groups excluding tert-OH is 1. The van der Waals surface area contributed by atoms with Gasteiger partial charge in [-0.2, -0.15) is 0 Å². The second-order valence-electron chi connectivity index (χ2n) is 5.99. The zero-order chi connectivity index (χ0) is 17.6. The van der Waals surface area contributed by atoms with E-state index in [2.05, 4.69) is 11.4 Å². The van der Waals surface area contributed by atoms with Crippen molar-refractivity contribution in [3.8, 4) is 0 Å². The van der Waals surface area contributed by atoms with Gasteiger partial charge in [0.2, 0.25) is 0 Å². The molecule has 0 heterocycles. The highest BCUT2D eigenvalue weighted by Crippen LogP contribution is 2.35. The molecule has 6 nitrogen and oxygen atoms in total. The van der Waals surface area contributed by atoms with Gasteiger partial charge in [-0.05, 0) is 12.8 Å². The molecule has 0 saturated carbocycles. The Kier molecular flexibility index (Phi) is 14.0. The minimum absolute atomic E-state index is 0.381. The van der Waals surface area contributed by atoms with Gasteiger partial charge in [0.1, 0.15) is 0 Å². The molecule has 0 aliphatic rings. The zero-order valence-electron chi connectivity index (χ0n) is 14.3. The average Bonchev–Trinajstić information content (AvgIpc) is 2.49. The van der Waals surface area contributed by atoms with Crippen LogP contribution in [0.4, 0.5) is 0 Å². The second-order valence-corrected chi connectivity index (χ2v) is 7.23. The molecule has 0 aromatic heterocycles. The molecule has 0 aromatic carbocycles. The van der Waals surface area contributed by atoms with Gasteiger partial charge in [-0.25, -0.2) is 4.57 Å². The van der Waals surface area contributed by atoms with E-state index in [-0.39, 0.29) is 6.61 Å². The number of allylic oxidation sites excluding steroid dienone is 1. The lowest BCUT2D eigenvalue weighted by atomic mass is 10.1. The first-order valence-corrected chi connectivity index (χ1v) is 10.2. The van der Waals surface area contributed by atoms with Crippen LogP contribution in [0.25, 0.3) is 0 Å². The van der Waals surface area contributed by atoms with Crippen molar-refractivity contribution in [2.24, 2.45) is 5.73 Å². The molecule has 0 aromatic rings. The number of hydrogen-bond acceptors (Lipinski definition) is 4. The normalized spacial score (nSPS) is 15.2. The van der Waals surface area contributed by atoms with Crippen LogP contribution >= 0.6 is 7.82 Å². The van der Waals surface area contributed by atoms with Crippen LogP contribution < -0.4 is 5.73 Å². The fourth-order valence-corrected chi connectivity index (χ4v) is 2.60. The Bertz CT molecular complexity index is 345. The minimum atomic E-state index is -4.53. The van der Waals surface area contributed by atoms with Crippen LogP contribution in [0.5, 0.6) is 0 Å². The quantitative estimate of drug-likeness (QED) is 0.205. The van der Waals surface area contributed by atoms with Crippen molar-refractivity contribution in [2.75, 3.05) is 6.61 Å². The van der Waals surface area contributed by atoms with Crippen molar-refractivity contribution in [3.05, 3.63) is 12.2 Å². The van der Waals surface area contributed by atoms with Gasteiger partial charge in [-0.15, -0.1) is 0 Å². The topological polar surface area (TPSA) is 113 Å². The summed E-state index contributed by atoms with van der Waals surface area (Å²) in [4.78, 5) is 17.1. The highest BCUT2D eigenvalue weighted by molar-refractivity contribution is 7.46. The number of aliphatic hydroxyl groups is 1. The lowest BCUT2D eigenvalue weighted by Crippen LogP contribution is -2.37. The number of hydrogen-bond donors (Lipinski definition) is 4. The van der Waals surface area contributed by atoms with Crippen molar-refractivity contribution in [1.29, 1.82) is 0 Å². The van der Waals surface area contributed by atoms with Gasteiger partial charge in [0.05, 0.1) is 18.8 Å². The number of phosphoric ester groups is 1. The van der Waals surface area contributed by atoms with Crippen LogP contribution in [0.15, 0.2) is 12.2 Å². The third-order valence-electron chi connectivity index (χ3n) is 3.68. The standard InChI is InChI=1S/C16H34NO5P/c1-2-3-4-5-6-7-8-9-10-11-12-13-16(18)15(17)14-22-23(19,20)21/h12-13,15-16,18H,2-11,14,17H2,1H3,(H2,19,20,21)/b13-12-/t15-,16+/m0/s1. The summed E-state index contributed by atoms with van der Waals surface area (Å²) < 4.78 is 14.8. The lowest BCUT2D eigenvalue weighted by molar-refractivity contribution is 0.129. The molecule has 23 heavy (non-hydrogen) atoms. The summed E-state index contributed by atoms with van der Waals surface area (Å²) in [5.74, 6) is 0. The molecule has 2 atom stereocenters. The maximum Gasteiger partial charge on any atom is 0.469 e. The molecule has 7 heteroatoms. The van der Waals surface area contributed by atoms with E-state index in [0.717, 1.165) is 12.8 Å². The molecule has 0 radical (unpaired) electrons. The van der Waals surface area contributed by atoms with E-state index in [1.807, 2.05) is 6.08 Å². The summed E-state index contributed by atoms with van der Waals surface area (Å²) in [6.07, 6.45) is 14.8. The van der Waals surface area contributed by atoms with E-state index in [0.29, 0.717) is 0 Å². The Morgan fingerprint density at radius 3 is 2.09 bits per heavy atom. The predicted octanol–water partition coefficient (Wildman–Crippen LogP) is 3.26. The van der Waals surface area contributed by atoms with E-state index >= 15 is 0 Å². The van der Waals surface area contributed by atoms with Gasteiger partial charge in [0.25, 0.3) is 0 Å². The number of phosphoric acid groups is 1. The number of unbranched alkanes of at least 4 members (excludes halogenated alkanes) is 9. The SMILES string of the molecule is CCCCCCCCCCC/C=C\[C@@H](O)[C@@H](N)COP(=O)(O)O. The summed E-state index contributed by atoms with van der Waals surface area (Å²) in [5.41, 5.74) is 5.59. The summed E-state index contributed by atoms with van der Waals surface area (Å²) in [5, 5.41) is 9.71. The Hall–Kier alpha value is -0.230. The Morgan fingerprint density at radius 2 is 1.57 bits per heavy atom. The molecule has 0 rings (SSSR count). The predicted molar refractivity (Wildman–Crippen MR) is 93.0 cm³/mol. The molecule has 0 aliphatic carbocycles. The first-order chi connectivity index (χ1) is 10.9. The van der Waals surface area contributed by atoms with Crippen LogP contribution in [0.1, 0.15) is 71.1 Å². The molecule has 0 amide bonds. The van der Waals surface area contributed by atoms with Crippen LogP contribution in [-0.2, 0) is 9.09 Å². The molecule has 5 N–H and O–H groups in total. The molecular weight excluding hydrogens is 317 g/mol. The first-order valence-electron chi connectivity index (χ1n) is 8.67. The largest absolute Gasteiger partial charge is 0.469 e. The monoisotopic (exact) mass is 351 g/mol. The van der Waals surface area contributed by atoms with E-state index < -0.39 is 20.0 Å². The molecule has 0 aliphatic heterocycles. The van der Waals surface area contributed by atoms with E-state index in [1.54, 1.807) is 6.08 Å². The van der Waals surface area contributed by atoms with Crippen molar-refractivity contribution < 1.29 is 24.0 Å². The molecule has 0 fully saturated rings. The molecule has 0 unspecified atom stereocenters. The van der Waals surface area contributed by atoms with Crippen LogP contribution in [0.2, 0.25) is 0 Å². The van der Waals surface area contributed by atoms with Gasteiger partial charge in [0.15, 0.2) is 0 Å². The summed E-state index contributed by atoms with van der Waals surface area (Å²) >= 11 is 0. The Balaban J connectivity index is 3.52. The van der Waals surface area contributed by atoms with E-state index in [9.17, 15) is 9.67 Å². The molecular formula is C16H34NO5P. The zero-order valence-corrected chi connectivity index (χ0v) is 15.2. The molecule has 0 bridgehead atoms. The van der Waals surface area contributed by atoms with Gasteiger partial charge in [-0.3, -0.25) is 4.52 Å². The smallest absolute Gasteiger partial charge is 0.387 e. The highest BCUT2D eigenvalue weighted by Gasteiger charge is 2.19. The van der Waals surface area contributed by atoms with Crippen molar-refractivity contribution in [3.63, 3.8) is 0 Å². The van der Waals surface area contributed by atoms with Crippen molar-refractivity contribution in [1.82, 2.24) is 0 Å². The fourth-order valence-electron chi connectivity index (χ4n) is 2.23. The fraction of sp³-hybridized carbons (Fsp3) is 0.875. The molecule has 0 saturated heterocycles. The Morgan fingerprint density at radius 1 is 1.04 bits per heavy atom. The summed E-state index contributed by atoms with van der Waals surface area (Å²) in [7, 11) is -4.53. The van der Waals surface area contributed by atoms with E-state index in [4.69, 9.17) is 15.5 Å². The van der Waals surface area contributed by atoms with Gasteiger partial charge < -0.3 is 20.6 Å². The minimum Gasteiger partial charge on any atom is -0.387 e. The molecule has 0 spiro atoms. The third kappa shape index (κ3) is 16.4. The van der Waals surface area contributed by atoms with Gasteiger partial charge >= 0.3 is 7.82 Å². The van der Waals surface area contributed by atoms with Crippen LogP contribution in [0, 0.1) is 0 Å². The summed E-state index contributed by atoms with van der Waals surface area (Å²) in [6, 6.07) is -0.845. The van der Waals surface area contributed by atoms with Crippen LogP contribution in [0.3, 0.4) is 0 Å². The van der Waals surface area contributed by atoms with Crippen LogP contribution in [-0.4, -0.2) is 33.6 Å². The number of nitrogens with two attached hydrogens (primary N) is 1. The van der Waals surface area contributed by atoms with E-state index in [1.165, 1.54) is 51.4 Å². The average molecular weight is 351 g/mol. The van der Waals surface area contributed by atoms with Crippen molar-refractivity contribution >= 4 is 7.82 Å². The summed E-state index contributed by atoms with van der Waals surface area (Å²) in [6.45, 7) is 1.84. The first kappa shape index (κ1) is 22.8. The third-order valence-corrected chi connectivity index (χ3v) is 4.17. The van der Waals surface area contributed by atoms with Gasteiger partial charge in [-0.1, -0.05) is 70.4 Å². The number of rotatable bonds is 15. The lowest BCUT2D eigenvalue weighted by Gasteiger charge is -2.15. The second kappa shape index (κ2) is 14.1. The Labute approximate surface area is 140 Å². The highest BCUT2D eigenvalue weighted by atomic mass is 31.2. The van der Waals surface area contributed by atoms with Gasteiger partial charge in [0, 0.05) is 0 Å². The van der Waals surface area contributed by atoms with Crippen molar-refractivity contribution in [2.45, 2.75) is 83.3 Å². The molecule has 138 valence electrons. The maximum atomic E-state index is 10.5.